The number of ketones is 3. The fourth-order valence-electron chi connectivity index (χ4n) is 5.59. The molecule has 0 aromatic heterocycles. The lowest BCUT2D eigenvalue weighted by Gasteiger charge is -2.42. The Kier molecular flexibility index (Phi) is 6.29. The zero-order valence-electron chi connectivity index (χ0n) is 20.2. The number of aromatic hydroxyl groups is 3. The molecule has 2 aromatic rings. The molecule has 38 heavy (non-hydrogen) atoms. The largest absolute Gasteiger partial charge is 0.507 e. The second kappa shape index (κ2) is 9.12. The van der Waals surface area contributed by atoms with E-state index in [1.54, 1.807) is 6.92 Å². The summed E-state index contributed by atoms with van der Waals surface area (Å²) in [5.74, 6) is -4.72. The van der Waals surface area contributed by atoms with Gasteiger partial charge in [0.25, 0.3) is 0 Å². The van der Waals surface area contributed by atoms with Gasteiger partial charge in [0.05, 0.1) is 35.0 Å². The van der Waals surface area contributed by atoms with Crippen molar-refractivity contribution in [3.63, 3.8) is 0 Å². The van der Waals surface area contributed by atoms with E-state index in [-0.39, 0.29) is 28.7 Å². The summed E-state index contributed by atoms with van der Waals surface area (Å²) in [5, 5.41) is 63.7. The molecule has 6 atom stereocenters. The first-order valence-corrected chi connectivity index (χ1v) is 12.0. The summed E-state index contributed by atoms with van der Waals surface area (Å²) in [6, 6.07) is 3.09. The van der Waals surface area contributed by atoms with E-state index in [2.05, 4.69) is 0 Å². The van der Waals surface area contributed by atoms with Crippen molar-refractivity contribution in [3.05, 3.63) is 51.6 Å². The van der Waals surface area contributed by atoms with Crippen LogP contribution >= 0.6 is 0 Å². The monoisotopic (exact) mass is 529 g/mol. The Labute approximate surface area is 215 Å². The van der Waals surface area contributed by atoms with Crippen molar-refractivity contribution in [1.29, 1.82) is 0 Å². The summed E-state index contributed by atoms with van der Waals surface area (Å²) in [4.78, 5) is 39.3. The third kappa shape index (κ3) is 3.80. The second-order valence-electron chi connectivity index (χ2n) is 9.98. The Bertz CT molecular complexity index is 1360. The summed E-state index contributed by atoms with van der Waals surface area (Å²) in [6.07, 6.45) is -5.27. The van der Waals surface area contributed by atoms with Crippen LogP contribution in [0.4, 0.5) is 0 Å². The van der Waals surface area contributed by atoms with Gasteiger partial charge < -0.3 is 45.8 Å². The number of rotatable bonds is 4. The minimum Gasteiger partial charge on any atom is -0.507 e. The maximum absolute atomic E-state index is 13.4. The molecule has 1 unspecified atom stereocenters. The highest BCUT2D eigenvalue weighted by molar-refractivity contribution is 6.31. The van der Waals surface area contributed by atoms with E-state index in [9.17, 15) is 45.0 Å². The summed E-state index contributed by atoms with van der Waals surface area (Å²) < 4.78 is 11.7. The van der Waals surface area contributed by atoms with Crippen LogP contribution in [-0.2, 0) is 20.7 Å². The molecule has 2 aromatic carbocycles. The average molecular weight is 529 g/mol. The van der Waals surface area contributed by atoms with Gasteiger partial charge in [-0.15, -0.1) is 0 Å². The van der Waals surface area contributed by atoms with Crippen molar-refractivity contribution < 1.29 is 54.5 Å². The quantitative estimate of drug-likeness (QED) is 0.217. The molecule has 12 heteroatoms. The van der Waals surface area contributed by atoms with E-state index >= 15 is 0 Å². The van der Waals surface area contributed by atoms with Crippen LogP contribution in [0.25, 0.3) is 0 Å². The predicted molar refractivity (Wildman–Crippen MR) is 127 cm³/mol. The molecule has 1 aliphatic heterocycles. The van der Waals surface area contributed by atoms with Gasteiger partial charge in [-0.2, -0.15) is 0 Å². The lowest BCUT2D eigenvalue weighted by Crippen LogP contribution is -2.53. The Morgan fingerprint density at radius 2 is 1.82 bits per heavy atom. The van der Waals surface area contributed by atoms with Crippen molar-refractivity contribution in [2.75, 3.05) is 6.61 Å². The number of phenols is 3. The first kappa shape index (κ1) is 26.2. The third-order valence-corrected chi connectivity index (χ3v) is 7.60. The highest BCUT2D eigenvalue weighted by atomic mass is 16.7. The predicted octanol–water partition coefficient (Wildman–Crippen LogP) is -0.302. The van der Waals surface area contributed by atoms with E-state index < -0.39 is 101 Å². The van der Waals surface area contributed by atoms with E-state index in [1.165, 1.54) is 18.2 Å². The summed E-state index contributed by atoms with van der Waals surface area (Å²) in [5.41, 5.74) is 1.70. The van der Waals surface area contributed by atoms with Crippen molar-refractivity contribution in [2.24, 2.45) is 5.73 Å². The number of fused-ring (bicyclic) bond motifs is 3. The van der Waals surface area contributed by atoms with Crippen LogP contribution in [0.5, 0.6) is 17.2 Å². The van der Waals surface area contributed by atoms with Crippen LogP contribution in [0, 0.1) is 0 Å². The molecule has 202 valence electrons. The van der Waals surface area contributed by atoms with Crippen molar-refractivity contribution in [3.8, 4) is 17.2 Å². The minimum atomic E-state index is -2.26. The van der Waals surface area contributed by atoms with Crippen LogP contribution in [0.15, 0.2) is 18.2 Å². The lowest BCUT2D eigenvalue weighted by molar-refractivity contribution is -0.247. The fraction of sp³-hybridized carbons (Fsp3) is 0.423. The van der Waals surface area contributed by atoms with Crippen molar-refractivity contribution in [1.82, 2.24) is 0 Å². The van der Waals surface area contributed by atoms with Gasteiger partial charge in [0.15, 0.2) is 17.9 Å². The van der Waals surface area contributed by atoms with Gasteiger partial charge in [0.2, 0.25) is 5.78 Å². The maximum Gasteiger partial charge on any atom is 0.202 e. The average Bonchev–Trinajstić information content (AvgIpc) is 2.86. The molecule has 0 amide bonds. The smallest absolute Gasteiger partial charge is 0.202 e. The molecular formula is C26H27NO11. The molecule has 1 fully saturated rings. The molecule has 0 bridgehead atoms. The molecule has 0 spiro atoms. The normalized spacial score (nSPS) is 30.4. The number of aliphatic hydroxyl groups excluding tert-OH is 2. The molecule has 1 heterocycles. The van der Waals surface area contributed by atoms with E-state index in [4.69, 9.17) is 15.2 Å². The van der Waals surface area contributed by atoms with Gasteiger partial charge in [0.1, 0.15) is 29.5 Å². The first-order chi connectivity index (χ1) is 17.9. The van der Waals surface area contributed by atoms with Gasteiger partial charge >= 0.3 is 0 Å². The first-order valence-electron chi connectivity index (χ1n) is 12.0. The lowest BCUT2D eigenvalue weighted by atomic mass is 9.72. The standard InChI is InChI=1S/C26H27NO11/c1-9-21(31)12(27)5-16(37-9)38-14-7-26(36,15(30)8-28)6-11-18(14)25(35)20-19(23(11)33)22(32)10-3-2-4-13(29)17(10)24(20)34/h2-4,9,12,14,16,21,28-29,31,33,35-36H,5-8,27H2,1H3/t9?,12-,14+,16+,21-,26+/m1/s1. The number of Topliss-reactive ketones (excluding diaryl/α,β-unsaturated/α-hetero) is 1. The topological polar surface area (TPSA) is 217 Å². The third-order valence-electron chi connectivity index (χ3n) is 7.60. The number of hydrogen-bond donors (Lipinski definition) is 7. The van der Waals surface area contributed by atoms with E-state index in [0.29, 0.717) is 0 Å². The molecule has 0 saturated carbocycles. The van der Waals surface area contributed by atoms with Crippen molar-refractivity contribution >= 4 is 17.3 Å². The highest BCUT2D eigenvalue weighted by Crippen LogP contribution is 2.52. The number of carbonyl (C=O) groups excluding carboxylic acids is 3. The summed E-state index contributed by atoms with van der Waals surface area (Å²) in [6.45, 7) is 0.530. The number of benzene rings is 2. The van der Waals surface area contributed by atoms with E-state index in [1.807, 2.05) is 0 Å². The summed E-state index contributed by atoms with van der Waals surface area (Å²) in [7, 11) is 0. The van der Waals surface area contributed by atoms with Crippen LogP contribution < -0.4 is 5.73 Å². The van der Waals surface area contributed by atoms with Crippen molar-refractivity contribution in [2.45, 2.75) is 62.4 Å². The molecule has 0 radical (unpaired) electrons. The number of hydrogen-bond acceptors (Lipinski definition) is 12. The maximum atomic E-state index is 13.4. The second-order valence-corrected chi connectivity index (χ2v) is 9.98. The van der Waals surface area contributed by atoms with Crippen LogP contribution in [-0.4, -0.2) is 84.7 Å². The zero-order valence-corrected chi connectivity index (χ0v) is 20.2. The molecule has 2 aliphatic carbocycles. The van der Waals surface area contributed by atoms with Crippen LogP contribution in [0.1, 0.15) is 68.8 Å². The highest BCUT2D eigenvalue weighted by Gasteiger charge is 2.50. The molecule has 1 saturated heterocycles. The van der Waals surface area contributed by atoms with Crippen LogP contribution in [0.3, 0.4) is 0 Å². The Hall–Kier alpha value is -3.39. The zero-order chi connectivity index (χ0) is 27.7. The Balaban J connectivity index is 1.68. The van der Waals surface area contributed by atoms with Gasteiger partial charge in [-0.25, -0.2) is 0 Å². The molecule has 3 aliphatic rings. The molecule has 12 nitrogen and oxygen atoms in total. The van der Waals surface area contributed by atoms with Gasteiger partial charge in [-0.1, -0.05) is 12.1 Å². The van der Waals surface area contributed by atoms with Gasteiger partial charge in [-0.05, 0) is 13.0 Å². The van der Waals surface area contributed by atoms with E-state index in [0.717, 1.165) is 0 Å². The molecule has 8 N–H and O–H groups in total. The van der Waals surface area contributed by atoms with Gasteiger partial charge in [0, 0.05) is 42.0 Å². The number of carbonyl (C=O) groups is 3. The fourth-order valence-corrected chi connectivity index (χ4v) is 5.59. The summed E-state index contributed by atoms with van der Waals surface area (Å²) >= 11 is 0. The SMILES string of the molecule is CC1O[C@@H](O[C@H]2C[C@](O)(C(=O)CO)Cc3c(O)c4c(c(O)c32)C(=O)c2c(O)cccc2C4=O)C[C@@H](N)[C@@H]1O. The van der Waals surface area contributed by atoms with Gasteiger partial charge in [-0.3, -0.25) is 14.4 Å². The minimum absolute atomic E-state index is 0.0000635. The number of nitrogens with two attached hydrogens (primary N) is 1. The molecule has 5 rings (SSSR count). The number of phenolic OH excluding ortho intramolecular Hbond substituents is 3. The Morgan fingerprint density at radius 3 is 2.47 bits per heavy atom. The number of aliphatic hydroxyl groups is 3. The molecular weight excluding hydrogens is 502 g/mol. The number of ether oxygens (including phenoxy) is 2. The van der Waals surface area contributed by atoms with Crippen LogP contribution in [0.2, 0.25) is 0 Å². The Morgan fingerprint density at radius 1 is 1.13 bits per heavy atom.